The molecule has 16 nitrogen and oxygen atoms in total. The van der Waals surface area contributed by atoms with E-state index in [0.717, 1.165) is 7.11 Å². The Kier molecular flexibility index (Phi) is 8.86. The SMILES string of the molecule is COC(=O)Oc1cccc2c(=O)n(CC(=O)NC(C)C(O)Nc3ccc(S(=O)(=O)Nc4nc(C)c(C)o4)cc3)c(=O)oc12. The van der Waals surface area contributed by atoms with Crippen molar-refractivity contribution >= 4 is 44.8 Å². The maximum atomic E-state index is 12.9. The zero-order chi connectivity index (χ0) is 31.5. The van der Waals surface area contributed by atoms with Gasteiger partial charge in [0.05, 0.1) is 29.1 Å². The van der Waals surface area contributed by atoms with Gasteiger partial charge in [0.25, 0.3) is 15.6 Å². The number of ether oxygens (including phenoxy) is 2. The lowest BCUT2D eigenvalue weighted by Gasteiger charge is -2.22. The Morgan fingerprint density at radius 2 is 1.79 bits per heavy atom. The Morgan fingerprint density at radius 1 is 1.09 bits per heavy atom. The van der Waals surface area contributed by atoms with Crippen molar-refractivity contribution in [3.8, 4) is 5.75 Å². The summed E-state index contributed by atoms with van der Waals surface area (Å²) < 4.78 is 47.7. The number of aliphatic hydroxyl groups excluding tert-OH is 1. The number of oxazole rings is 1. The van der Waals surface area contributed by atoms with E-state index in [-0.39, 0.29) is 27.6 Å². The number of fused-ring (bicyclic) bond motifs is 1. The zero-order valence-electron chi connectivity index (χ0n) is 23.2. The van der Waals surface area contributed by atoms with Gasteiger partial charge in [-0.2, -0.15) is 4.98 Å². The van der Waals surface area contributed by atoms with Crippen LogP contribution in [0.5, 0.6) is 5.75 Å². The van der Waals surface area contributed by atoms with Crippen LogP contribution in [0.25, 0.3) is 11.0 Å². The molecule has 0 aliphatic rings. The lowest BCUT2D eigenvalue weighted by atomic mass is 10.2. The second-order valence-corrected chi connectivity index (χ2v) is 10.9. The molecule has 0 bridgehead atoms. The molecule has 0 aliphatic carbocycles. The third kappa shape index (κ3) is 7.02. The number of amides is 1. The van der Waals surface area contributed by atoms with Crippen LogP contribution >= 0.6 is 0 Å². The number of hydrogen-bond acceptors (Lipinski definition) is 13. The van der Waals surface area contributed by atoms with E-state index in [1.165, 1.54) is 49.4 Å². The van der Waals surface area contributed by atoms with E-state index < -0.39 is 52.2 Å². The van der Waals surface area contributed by atoms with E-state index in [1.807, 2.05) is 0 Å². The van der Waals surface area contributed by atoms with Gasteiger partial charge in [0.1, 0.15) is 18.5 Å². The molecule has 2 heterocycles. The van der Waals surface area contributed by atoms with E-state index in [9.17, 15) is 32.7 Å². The summed E-state index contributed by atoms with van der Waals surface area (Å²) in [7, 11) is -2.92. The average molecular weight is 618 g/mol. The number of carbonyl (C=O) groups is 2. The second-order valence-electron chi connectivity index (χ2n) is 9.18. The minimum atomic E-state index is -4.00. The maximum Gasteiger partial charge on any atom is 0.513 e. The topological polar surface area (TPSA) is 221 Å². The van der Waals surface area contributed by atoms with Gasteiger partial charge in [-0.3, -0.25) is 9.59 Å². The highest BCUT2D eigenvalue weighted by Gasteiger charge is 2.22. The van der Waals surface area contributed by atoms with E-state index in [2.05, 4.69) is 25.1 Å². The lowest BCUT2D eigenvalue weighted by Crippen LogP contribution is -2.47. The third-order valence-corrected chi connectivity index (χ3v) is 7.45. The predicted molar refractivity (Wildman–Crippen MR) is 150 cm³/mol. The highest BCUT2D eigenvalue weighted by molar-refractivity contribution is 7.92. The summed E-state index contributed by atoms with van der Waals surface area (Å²) in [5, 5.41) is 15.6. The smallest absolute Gasteiger partial charge is 0.437 e. The molecule has 0 spiro atoms. The number of nitrogens with zero attached hydrogens (tertiary/aromatic N) is 2. The normalized spacial score (nSPS) is 12.8. The first-order valence-electron chi connectivity index (χ1n) is 12.5. The summed E-state index contributed by atoms with van der Waals surface area (Å²) in [4.78, 5) is 53.4. The number of benzene rings is 2. The first kappa shape index (κ1) is 30.8. The minimum Gasteiger partial charge on any atom is -0.437 e. The van der Waals surface area contributed by atoms with Crippen LogP contribution in [0.1, 0.15) is 18.4 Å². The van der Waals surface area contributed by atoms with E-state index in [0.29, 0.717) is 21.7 Å². The van der Waals surface area contributed by atoms with Crippen molar-refractivity contribution in [2.45, 2.75) is 44.5 Å². The molecule has 43 heavy (non-hydrogen) atoms. The number of aryl methyl sites for hydroxylation is 2. The Hall–Kier alpha value is -5.16. The van der Waals surface area contributed by atoms with Crippen molar-refractivity contribution in [2.24, 2.45) is 0 Å². The van der Waals surface area contributed by atoms with Crippen LogP contribution in [0.4, 0.5) is 16.5 Å². The van der Waals surface area contributed by atoms with Crippen LogP contribution in [-0.4, -0.2) is 54.5 Å². The molecule has 4 N–H and O–H groups in total. The van der Waals surface area contributed by atoms with Crippen molar-refractivity contribution in [1.82, 2.24) is 14.9 Å². The van der Waals surface area contributed by atoms with Gasteiger partial charge in [0.15, 0.2) is 11.3 Å². The highest BCUT2D eigenvalue weighted by Crippen LogP contribution is 2.23. The molecule has 0 saturated carbocycles. The molecule has 1 amide bonds. The quantitative estimate of drug-likeness (QED) is 0.113. The number of carbonyl (C=O) groups excluding carboxylic acids is 2. The Labute approximate surface area is 243 Å². The van der Waals surface area contributed by atoms with Crippen LogP contribution in [0.2, 0.25) is 0 Å². The van der Waals surface area contributed by atoms with Crippen LogP contribution < -0.4 is 31.4 Å². The highest BCUT2D eigenvalue weighted by atomic mass is 32.2. The third-order valence-electron chi connectivity index (χ3n) is 6.12. The number of sulfonamides is 1. The fourth-order valence-corrected chi connectivity index (χ4v) is 4.68. The van der Waals surface area contributed by atoms with Gasteiger partial charge in [-0.25, -0.2) is 27.3 Å². The zero-order valence-corrected chi connectivity index (χ0v) is 24.1. The first-order valence-corrected chi connectivity index (χ1v) is 14.0. The van der Waals surface area contributed by atoms with Crippen LogP contribution in [0.15, 0.2) is 65.8 Å². The molecule has 0 radical (unpaired) electrons. The first-order chi connectivity index (χ1) is 20.3. The average Bonchev–Trinajstić information content (AvgIpc) is 3.26. The number of para-hydroxylation sites is 1. The maximum absolute atomic E-state index is 12.9. The van der Waals surface area contributed by atoms with Gasteiger partial charge in [0.2, 0.25) is 5.91 Å². The minimum absolute atomic E-state index is 0.0916. The molecule has 2 unspecified atom stereocenters. The summed E-state index contributed by atoms with van der Waals surface area (Å²) in [5.41, 5.74) is -0.307. The summed E-state index contributed by atoms with van der Waals surface area (Å²) in [6, 6.07) is 8.26. The molecule has 17 heteroatoms. The molecule has 2 aromatic carbocycles. The standard InChI is InChI=1S/C26H27N5O11S/c1-13-15(3)40-24(28-13)30-43(37,38)17-10-8-16(9-11-17)29-22(33)14(2)27-20(32)12-31-23(34)18-6-5-7-19(41-26(36)39-4)21(18)42-25(31)35/h5-11,14,22,29,33H,12H2,1-4H3,(H,27,32)(H,28,30). The van der Waals surface area contributed by atoms with Gasteiger partial charge in [-0.15, -0.1) is 0 Å². The van der Waals surface area contributed by atoms with Crippen molar-refractivity contribution in [3.05, 3.63) is 74.8 Å². The molecule has 2 aromatic heterocycles. The van der Waals surface area contributed by atoms with Gasteiger partial charge < -0.3 is 34.0 Å². The number of anilines is 2. The van der Waals surface area contributed by atoms with E-state index in [1.54, 1.807) is 13.8 Å². The van der Waals surface area contributed by atoms with Gasteiger partial charge in [0, 0.05) is 5.69 Å². The van der Waals surface area contributed by atoms with Crippen molar-refractivity contribution in [3.63, 3.8) is 0 Å². The molecule has 228 valence electrons. The number of aliphatic hydroxyl groups is 1. The van der Waals surface area contributed by atoms with Gasteiger partial charge >= 0.3 is 17.9 Å². The number of hydrogen-bond donors (Lipinski definition) is 4. The summed E-state index contributed by atoms with van der Waals surface area (Å²) in [6.45, 7) is 4.05. The number of nitrogens with one attached hydrogen (secondary N) is 3. The van der Waals surface area contributed by atoms with Crippen molar-refractivity contribution in [1.29, 1.82) is 0 Å². The van der Waals surface area contributed by atoms with Crippen LogP contribution in [0.3, 0.4) is 0 Å². The van der Waals surface area contributed by atoms with Crippen molar-refractivity contribution < 1.29 is 41.4 Å². The fourth-order valence-electron chi connectivity index (χ4n) is 3.75. The summed E-state index contributed by atoms with van der Waals surface area (Å²) in [5.74, 6) is -1.73. The van der Waals surface area contributed by atoms with E-state index >= 15 is 0 Å². The van der Waals surface area contributed by atoms with Gasteiger partial charge in [-0.1, -0.05) is 6.07 Å². The molecule has 2 atom stereocenters. The van der Waals surface area contributed by atoms with Crippen LogP contribution in [-0.2, 0) is 26.1 Å². The monoisotopic (exact) mass is 617 g/mol. The van der Waals surface area contributed by atoms with E-state index in [4.69, 9.17) is 13.6 Å². The Balaban J connectivity index is 1.39. The number of methoxy groups -OCH3 is 1. The number of rotatable bonds is 10. The summed E-state index contributed by atoms with van der Waals surface area (Å²) in [6.07, 6.45) is -2.45. The van der Waals surface area contributed by atoms with Crippen molar-refractivity contribution in [2.75, 3.05) is 17.1 Å². The molecular formula is C26H27N5O11S. The lowest BCUT2D eigenvalue weighted by molar-refractivity contribution is -0.123. The molecule has 0 saturated heterocycles. The molecule has 0 fully saturated rings. The molecular weight excluding hydrogens is 590 g/mol. The Bertz CT molecular complexity index is 1880. The Morgan fingerprint density at radius 3 is 2.42 bits per heavy atom. The van der Waals surface area contributed by atoms with Crippen LogP contribution in [0, 0.1) is 13.8 Å². The fraction of sp³-hybridized carbons (Fsp3) is 0.269. The molecule has 4 rings (SSSR count). The van der Waals surface area contributed by atoms with Gasteiger partial charge in [-0.05, 0) is 57.2 Å². The predicted octanol–water partition coefficient (Wildman–Crippen LogP) is 1.44. The summed E-state index contributed by atoms with van der Waals surface area (Å²) >= 11 is 0. The molecule has 4 aromatic rings. The number of aromatic nitrogens is 2. The second kappa shape index (κ2) is 12.4. The molecule has 0 aliphatic heterocycles. The largest absolute Gasteiger partial charge is 0.513 e.